The first-order chi connectivity index (χ1) is 14.0. The molecule has 0 aromatic heterocycles. The van der Waals surface area contributed by atoms with E-state index in [0.29, 0.717) is 23.5 Å². The highest BCUT2D eigenvalue weighted by Crippen LogP contribution is 2.49. The second-order valence-electron chi connectivity index (χ2n) is 7.59. The van der Waals surface area contributed by atoms with Crippen molar-refractivity contribution in [2.24, 2.45) is 10.7 Å². The summed E-state index contributed by atoms with van der Waals surface area (Å²) in [5.41, 5.74) is 7.78. The van der Waals surface area contributed by atoms with Gasteiger partial charge in [0.05, 0.1) is 11.6 Å². The minimum absolute atomic E-state index is 0.174. The van der Waals surface area contributed by atoms with Crippen molar-refractivity contribution in [2.45, 2.75) is 30.6 Å². The second kappa shape index (κ2) is 6.33. The lowest BCUT2D eigenvalue weighted by Gasteiger charge is -2.45. The second-order valence-corrected chi connectivity index (χ2v) is 7.59. The monoisotopic (exact) mass is 388 g/mol. The molecular weight excluding hydrogens is 368 g/mol. The molecule has 2 N–H and O–H groups in total. The summed E-state index contributed by atoms with van der Waals surface area (Å²) < 4.78 is 12.3. The van der Waals surface area contributed by atoms with E-state index in [4.69, 9.17) is 15.2 Å². The summed E-state index contributed by atoms with van der Waals surface area (Å²) in [6.07, 6.45) is 0.885. The fourth-order valence-corrected chi connectivity index (χ4v) is 4.48. The van der Waals surface area contributed by atoms with Crippen LogP contribution in [0.25, 0.3) is 11.1 Å². The van der Waals surface area contributed by atoms with Crippen molar-refractivity contribution in [1.29, 1.82) is 5.26 Å². The Morgan fingerprint density at radius 1 is 1.28 bits per heavy atom. The van der Waals surface area contributed by atoms with Gasteiger partial charge >= 0.3 is 0 Å². The van der Waals surface area contributed by atoms with Crippen LogP contribution in [-0.2, 0) is 15.1 Å². The van der Waals surface area contributed by atoms with Crippen molar-refractivity contribution in [1.82, 2.24) is 4.90 Å². The molecule has 0 radical (unpaired) electrons. The number of amides is 1. The number of carbonyl (C=O) groups is 1. The Balaban J connectivity index is 1.72. The van der Waals surface area contributed by atoms with E-state index in [2.05, 4.69) is 11.1 Å². The number of nitriles is 1. The van der Waals surface area contributed by atoms with E-state index in [0.717, 1.165) is 24.0 Å². The Bertz CT molecular complexity index is 1090. The lowest BCUT2D eigenvalue weighted by Crippen LogP contribution is -2.58. The maximum absolute atomic E-state index is 13.4. The van der Waals surface area contributed by atoms with Gasteiger partial charge in [-0.25, -0.2) is 4.99 Å². The number of nitrogens with two attached hydrogens (primary N) is 1. The molecule has 5 rings (SSSR count). The average Bonchev–Trinajstić information content (AvgIpc) is 2.98. The Morgan fingerprint density at radius 3 is 2.86 bits per heavy atom. The van der Waals surface area contributed by atoms with Crippen LogP contribution in [0.3, 0.4) is 0 Å². The first kappa shape index (κ1) is 17.7. The molecule has 2 aromatic carbocycles. The predicted octanol–water partition coefficient (Wildman–Crippen LogP) is 2.15. The van der Waals surface area contributed by atoms with Gasteiger partial charge in [-0.05, 0) is 48.2 Å². The minimum atomic E-state index is -1.25. The number of hydrogen-bond acceptors (Lipinski definition) is 6. The third-order valence-corrected chi connectivity index (χ3v) is 5.94. The van der Waals surface area contributed by atoms with Gasteiger partial charge in [0.15, 0.2) is 5.96 Å². The number of rotatable bonds is 1. The molecule has 0 saturated carbocycles. The van der Waals surface area contributed by atoms with E-state index in [1.807, 2.05) is 36.4 Å². The summed E-state index contributed by atoms with van der Waals surface area (Å²) in [5, 5.41) is 9.22. The zero-order valence-corrected chi connectivity index (χ0v) is 16.0. The molecule has 3 heterocycles. The van der Waals surface area contributed by atoms with Crippen molar-refractivity contribution in [3.8, 4) is 22.9 Å². The van der Waals surface area contributed by atoms with Crippen molar-refractivity contribution < 1.29 is 14.3 Å². The van der Waals surface area contributed by atoms with E-state index in [9.17, 15) is 10.1 Å². The van der Waals surface area contributed by atoms with Crippen LogP contribution >= 0.6 is 0 Å². The molecule has 1 spiro atoms. The van der Waals surface area contributed by atoms with E-state index in [-0.39, 0.29) is 18.0 Å². The van der Waals surface area contributed by atoms with Crippen molar-refractivity contribution in [3.05, 3.63) is 53.6 Å². The molecule has 7 heteroatoms. The van der Waals surface area contributed by atoms with E-state index in [1.54, 1.807) is 13.1 Å². The highest BCUT2D eigenvalue weighted by atomic mass is 16.5. The fourth-order valence-electron chi connectivity index (χ4n) is 4.48. The molecule has 3 aliphatic rings. The summed E-state index contributed by atoms with van der Waals surface area (Å²) in [4.78, 5) is 19.4. The first-order valence-electron chi connectivity index (χ1n) is 9.61. The maximum Gasteiger partial charge on any atom is 0.264 e. The van der Waals surface area contributed by atoms with Crippen LogP contribution in [0.15, 0.2) is 47.5 Å². The molecule has 0 bridgehead atoms. The average molecular weight is 388 g/mol. The van der Waals surface area contributed by atoms with Gasteiger partial charge in [0.2, 0.25) is 5.54 Å². The van der Waals surface area contributed by atoms with E-state index < -0.39 is 11.6 Å². The third-order valence-electron chi connectivity index (χ3n) is 5.94. The van der Waals surface area contributed by atoms with Crippen LogP contribution in [0.5, 0.6) is 5.75 Å². The molecule has 3 aliphatic heterocycles. The number of nitrogens with zero attached hydrogens (tertiary/aromatic N) is 3. The lowest BCUT2D eigenvalue weighted by molar-refractivity contribution is -0.151. The number of ether oxygens (including phenoxy) is 2. The Labute approximate surface area is 168 Å². The van der Waals surface area contributed by atoms with Crippen LogP contribution in [0.2, 0.25) is 0 Å². The van der Waals surface area contributed by atoms with Crippen LogP contribution in [0.4, 0.5) is 0 Å². The third kappa shape index (κ3) is 2.46. The van der Waals surface area contributed by atoms with Gasteiger partial charge in [0.25, 0.3) is 5.91 Å². The van der Waals surface area contributed by atoms with Crippen molar-refractivity contribution >= 4 is 11.9 Å². The summed E-state index contributed by atoms with van der Waals surface area (Å²) in [7, 11) is 1.63. The van der Waals surface area contributed by atoms with Gasteiger partial charge < -0.3 is 15.2 Å². The zero-order chi connectivity index (χ0) is 20.2. The Kier molecular flexibility index (Phi) is 3.86. The SMILES string of the molecule is CN1C(=O)C2(N=C1N)c1cc(-c3cccc(C#N)c3)ccc1OC1CCCO[C@@H]12. The fraction of sp³-hybridized carbons (Fsp3) is 0.318. The van der Waals surface area contributed by atoms with Crippen LogP contribution in [0, 0.1) is 11.3 Å². The normalized spacial score (nSPS) is 27.7. The van der Waals surface area contributed by atoms with Gasteiger partial charge in [-0.1, -0.05) is 18.2 Å². The molecule has 1 amide bonds. The number of hydrogen-bond donors (Lipinski definition) is 1. The summed E-state index contributed by atoms with van der Waals surface area (Å²) in [6.45, 7) is 0.554. The topological polar surface area (TPSA) is 101 Å². The van der Waals surface area contributed by atoms with Gasteiger partial charge in [-0.3, -0.25) is 9.69 Å². The molecule has 2 unspecified atom stereocenters. The molecule has 3 atom stereocenters. The molecule has 2 aromatic rings. The number of guanidine groups is 1. The number of fused-ring (bicyclic) bond motifs is 4. The highest BCUT2D eigenvalue weighted by Gasteiger charge is 2.61. The largest absolute Gasteiger partial charge is 0.487 e. The van der Waals surface area contributed by atoms with Gasteiger partial charge in [0, 0.05) is 19.2 Å². The van der Waals surface area contributed by atoms with E-state index in [1.165, 1.54) is 4.90 Å². The summed E-state index contributed by atoms with van der Waals surface area (Å²) >= 11 is 0. The van der Waals surface area contributed by atoms with Crippen LogP contribution < -0.4 is 10.5 Å². The number of aliphatic imine (C=N–C) groups is 1. The molecular formula is C22H20N4O3. The number of likely N-dealkylation sites (N-methyl/N-ethyl adjacent to an activating group) is 1. The number of benzene rings is 2. The highest BCUT2D eigenvalue weighted by molar-refractivity contribution is 6.08. The smallest absolute Gasteiger partial charge is 0.264 e. The van der Waals surface area contributed by atoms with Crippen LogP contribution in [-0.4, -0.2) is 42.6 Å². The Hall–Kier alpha value is -3.37. The number of carbonyl (C=O) groups excluding carboxylic acids is 1. The molecule has 146 valence electrons. The first-order valence-corrected chi connectivity index (χ1v) is 9.61. The predicted molar refractivity (Wildman–Crippen MR) is 106 cm³/mol. The standard InChI is InChI=1S/C22H20N4O3/c1-26-20(27)22(25-21(26)24)16-11-15(14-5-2-4-13(10-14)12-23)7-8-17(16)29-18-6-3-9-28-19(18)22/h2,4-5,7-8,10-11,18-19H,3,6,9H2,1H3,(H2,24,25)/t18?,19-,22?/m0/s1. The summed E-state index contributed by atoms with van der Waals surface area (Å²) in [5.74, 6) is 0.587. The zero-order valence-electron chi connectivity index (χ0n) is 16.0. The lowest BCUT2D eigenvalue weighted by atomic mass is 9.76. The quantitative estimate of drug-likeness (QED) is 0.807. The van der Waals surface area contributed by atoms with Gasteiger partial charge in [-0.15, -0.1) is 0 Å². The Morgan fingerprint density at radius 2 is 2.10 bits per heavy atom. The van der Waals surface area contributed by atoms with Crippen LogP contribution in [0.1, 0.15) is 24.0 Å². The minimum Gasteiger partial charge on any atom is -0.487 e. The van der Waals surface area contributed by atoms with Gasteiger partial charge in [-0.2, -0.15) is 5.26 Å². The van der Waals surface area contributed by atoms with Gasteiger partial charge in [0.1, 0.15) is 18.0 Å². The molecule has 29 heavy (non-hydrogen) atoms. The van der Waals surface area contributed by atoms with E-state index >= 15 is 0 Å². The summed E-state index contributed by atoms with van der Waals surface area (Å²) in [6, 6.07) is 15.2. The molecule has 7 nitrogen and oxygen atoms in total. The molecule has 1 fully saturated rings. The molecule has 1 saturated heterocycles. The van der Waals surface area contributed by atoms with Crippen molar-refractivity contribution in [2.75, 3.05) is 13.7 Å². The van der Waals surface area contributed by atoms with Crippen molar-refractivity contribution in [3.63, 3.8) is 0 Å². The molecule has 0 aliphatic carbocycles. The maximum atomic E-state index is 13.4.